The van der Waals surface area contributed by atoms with Gasteiger partial charge in [-0.15, -0.1) is 0 Å². The van der Waals surface area contributed by atoms with Gasteiger partial charge >= 0.3 is 0 Å². The van der Waals surface area contributed by atoms with Crippen LogP contribution in [-0.2, 0) is 6.61 Å². The van der Waals surface area contributed by atoms with Crippen molar-refractivity contribution in [2.24, 2.45) is 0 Å². The van der Waals surface area contributed by atoms with Gasteiger partial charge in [-0.05, 0) is 36.8 Å². The summed E-state index contributed by atoms with van der Waals surface area (Å²) in [7, 11) is 1.53. The number of Topliss-reactive ketones (excluding diaryl/α,β-unsaturated/α-hetero) is 1. The summed E-state index contributed by atoms with van der Waals surface area (Å²) in [5.41, 5.74) is 7.95. The molecular formula is C16H17NO3. The SMILES string of the molecule is COc1cc(OCc2cccc(N)c2)ccc1C(C)=O. The summed E-state index contributed by atoms with van der Waals surface area (Å²) in [5, 5.41) is 0. The summed E-state index contributed by atoms with van der Waals surface area (Å²) < 4.78 is 10.9. The van der Waals surface area contributed by atoms with Crippen molar-refractivity contribution in [1.82, 2.24) is 0 Å². The summed E-state index contributed by atoms with van der Waals surface area (Å²) in [4.78, 5) is 11.4. The minimum atomic E-state index is -0.0377. The monoisotopic (exact) mass is 271 g/mol. The fourth-order valence-corrected chi connectivity index (χ4v) is 1.90. The van der Waals surface area contributed by atoms with Crippen molar-refractivity contribution in [2.45, 2.75) is 13.5 Å². The Bertz CT molecular complexity index is 623. The maximum absolute atomic E-state index is 11.4. The van der Waals surface area contributed by atoms with Crippen LogP contribution in [0.4, 0.5) is 5.69 Å². The highest BCUT2D eigenvalue weighted by atomic mass is 16.5. The van der Waals surface area contributed by atoms with Gasteiger partial charge in [0.05, 0.1) is 12.7 Å². The molecule has 0 spiro atoms. The summed E-state index contributed by atoms with van der Waals surface area (Å²) in [6.07, 6.45) is 0. The molecule has 2 rings (SSSR count). The molecule has 0 amide bonds. The van der Waals surface area contributed by atoms with Crippen LogP contribution in [0.2, 0.25) is 0 Å². The van der Waals surface area contributed by atoms with Crippen molar-refractivity contribution in [1.29, 1.82) is 0 Å². The molecular weight excluding hydrogens is 254 g/mol. The first-order valence-electron chi connectivity index (χ1n) is 6.26. The molecule has 20 heavy (non-hydrogen) atoms. The van der Waals surface area contributed by atoms with Crippen LogP contribution in [0, 0.1) is 0 Å². The molecule has 0 saturated carbocycles. The van der Waals surface area contributed by atoms with Crippen LogP contribution >= 0.6 is 0 Å². The highest BCUT2D eigenvalue weighted by Gasteiger charge is 2.09. The predicted octanol–water partition coefficient (Wildman–Crippen LogP) is 3.06. The number of anilines is 1. The second kappa shape index (κ2) is 6.10. The van der Waals surface area contributed by atoms with Crippen LogP contribution in [-0.4, -0.2) is 12.9 Å². The van der Waals surface area contributed by atoms with Crippen LogP contribution in [0.5, 0.6) is 11.5 Å². The van der Waals surface area contributed by atoms with Crippen LogP contribution in [0.3, 0.4) is 0 Å². The number of nitrogen functional groups attached to an aromatic ring is 1. The Morgan fingerprint density at radius 2 is 2.00 bits per heavy atom. The highest BCUT2D eigenvalue weighted by Crippen LogP contribution is 2.25. The largest absolute Gasteiger partial charge is 0.496 e. The maximum atomic E-state index is 11.4. The third kappa shape index (κ3) is 3.29. The first-order chi connectivity index (χ1) is 9.60. The smallest absolute Gasteiger partial charge is 0.163 e. The van der Waals surface area contributed by atoms with Crippen molar-refractivity contribution in [3.05, 3.63) is 53.6 Å². The Kier molecular flexibility index (Phi) is 4.25. The fourth-order valence-electron chi connectivity index (χ4n) is 1.90. The molecule has 4 heteroatoms. The lowest BCUT2D eigenvalue weighted by Crippen LogP contribution is -2.00. The summed E-state index contributed by atoms with van der Waals surface area (Å²) in [6, 6.07) is 12.7. The molecule has 2 N–H and O–H groups in total. The normalized spacial score (nSPS) is 10.1. The first kappa shape index (κ1) is 13.9. The van der Waals surface area contributed by atoms with Gasteiger partial charge in [0, 0.05) is 11.8 Å². The molecule has 0 bridgehead atoms. The number of ether oxygens (including phenoxy) is 2. The Hall–Kier alpha value is -2.49. The van der Waals surface area contributed by atoms with Gasteiger partial charge in [0.1, 0.15) is 18.1 Å². The van der Waals surface area contributed by atoms with E-state index in [9.17, 15) is 4.79 Å². The number of carbonyl (C=O) groups excluding carboxylic acids is 1. The van der Waals surface area contributed by atoms with Crippen molar-refractivity contribution in [3.8, 4) is 11.5 Å². The van der Waals surface area contributed by atoms with Crippen molar-refractivity contribution < 1.29 is 14.3 Å². The van der Waals surface area contributed by atoms with E-state index >= 15 is 0 Å². The molecule has 0 heterocycles. The number of benzene rings is 2. The van der Waals surface area contributed by atoms with Crippen LogP contribution in [0.25, 0.3) is 0 Å². The first-order valence-corrected chi connectivity index (χ1v) is 6.26. The Balaban J connectivity index is 2.12. The van der Waals surface area contributed by atoms with Gasteiger partial charge in [-0.25, -0.2) is 0 Å². The lowest BCUT2D eigenvalue weighted by atomic mass is 10.1. The van der Waals surface area contributed by atoms with E-state index in [1.165, 1.54) is 14.0 Å². The van der Waals surface area contributed by atoms with Gasteiger partial charge in [-0.2, -0.15) is 0 Å². The molecule has 2 aromatic rings. The molecule has 0 saturated heterocycles. The number of hydrogen-bond acceptors (Lipinski definition) is 4. The van der Waals surface area contributed by atoms with Crippen LogP contribution in [0.1, 0.15) is 22.8 Å². The maximum Gasteiger partial charge on any atom is 0.163 e. The van der Waals surface area contributed by atoms with Gasteiger partial charge in [0.2, 0.25) is 0 Å². The number of methoxy groups -OCH3 is 1. The van der Waals surface area contributed by atoms with Gasteiger partial charge in [0.25, 0.3) is 0 Å². The zero-order valence-electron chi connectivity index (χ0n) is 11.6. The van der Waals surface area contributed by atoms with E-state index in [0.717, 1.165) is 5.56 Å². The van der Waals surface area contributed by atoms with Crippen molar-refractivity contribution in [3.63, 3.8) is 0 Å². The van der Waals surface area contributed by atoms with Crippen molar-refractivity contribution in [2.75, 3.05) is 12.8 Å². The summed E-state index contributed by atoms with van der Waals surface area (Å²) in [5.74, 6) is 1.13. The van der Waals surface area contributed by atoms with E-state index in [1.54, 1.807) is 18.2 Å². The minimum Gasteiger partial charge on any atom is -0.496 e. The Morgan fingerprint density at radius 3 is 2.65 bits per heavy atom. The zero-order valence-corrected chi connectivity index (χ0v) is 11.6. The van der Waals surface area contributed by atoms with Crippen molar-refractivity contribution >= 4 is 11.5 Å². The molecule has 0 unspecified atom stereocenters. The lowest BCUT2D eigenvalue weighted by molar-refractivity contribution is 0.101. The quantitative estimate of drug-likeness (QED) is 0.670. The topological polar surface area (TPSA) is 61.6 Å². The fraction of sp³-hybridized carbons (Fsp3) is 0.188. The molecule has 4 nitrogen and oxygen atoms in total. The second-order valence-corrected chi connectivity index (χ2v) is 4.45. The van der Waals surface area contributed by atoms with Crippen LogP contribution in [0.15, 0.2) is 42.5 Å². The average Bonchev–Trinajstić information content (AvgIpc) is 2.44. The number of carbonyl (C=O) groups is 1. The van der Waals surface area contributed by atoms with Gasteiger partial charge in [-0.1, -0.05) is 12.1 Å². The summed E-state index contributed by atoms with van der Waals surface area (Å²) in [6.45, 7) is 1.92. The van der Waals surface area contributed by atoms with E-state index in [4.69, 9.17) is 15.2 Å². The van der Waals surface area contributed by atoms with E-state index in [2.05, 4.69) is 0 Å². The molecule has 0 aliphatic carbocycles. The molecule has 2 aromatic carbocycles. The van der Waals surface area contributed by atoms with Crippen LogP contribution < -0.4 is 15.2 Å². The Labute approximate surface area is 118 Å². The number of ketones is 1. The van der Waals surface area contributed by atoms with E-state index in [-0.39, 0.29) is 5.78 Å². The van der Waals surface area contributed by atoms with Gasteiger partial charge in [-0.3, -0.25) is 4.79 Å². The molecule has 0 atom stereocenters. The lowest BCUT2D eigenvalue weighted by Gasteiger charge is -2.10. The average molecular weight is 271 g/mol. The van der Waals surface area contributed by atoms with Gasteiger partial charge in [0.15, 0.2) is 5.78 Å². The molecule has 0 aliphatic rings. The minimum absolute atomic E-state index is 0.0377. The zero-order chi connectivity index (χ0) is 14.5. The highest BCUT2D eigenvalue weighted by molar-refractivity contribution is 5.97. The van der Waals surface area contributed by atoms with Gasteiger partial charge < -0.3 is 15.2 Å². The number of hydrogen-bond donors (Lipinski definition) is 1. The number of nitrogens with two attached hydrogens (primary N) is 1. The number of rotatable bonds is 5. The predicted molar refractivity (Wildman–Crippen MR) is 78.2 cm³/mol. The molecule has 0 fully saturated rings. The standard InChI is InChI=1S/C16H17NO3/c1-11(18)15-7-6-14(9-16(15)19-2)20-10-12-4-3-5-13(17)8-12/h3-9H,10,17H2,1-2H3. The van der Waals surface area contributed by atoms with E-state index < -0.39 is 0 Å². The van der Waals surface area contributed by atoms with E-state index in [0.29, 0.717) is 29.4 Å². The molecule has 0 aromatic heterocycles. The third-order valence-electron chi connectivity index (χ3n) is 2.91. The third-order valence-corrected chi connectivity index (χ3v) is 2.91. The van der Waals surface area contributed by atoms with E-state index in [1.807, 2.05) is 24.3 Å². The molecule has 104 valence electrons. The second-order valence-electron chi connectivity index (χ2n) is 4.45. The summed E-state index contributed by atoms with van der Waals surface area (Å²) >= 11 is 0. The molecule has 0 aliphatic heterocycles. The Morgan fingerprint density at radius 1 is 1.20 bits per heavy atom. The molecule has 0 radical (unpaired) electrons.